The van der Waals surface area contributed by atoms with Crippen LogP contribution in [0, 0.1) is 0 Å². The lowest BCUT2D eigenvalue weighted by atomic mass is 10.4. The van der Waals surface area contributed by atoms with Gasteiger partial charge in [-0.3, -0.25) is 4.79 Å². The van der Waals surface area contributed by atoms with Crippen molar-refractivity contribution in [3.8, 4) is 0 Å². The van der Waals surface area contributed by atoms with Crippen LogP contribution in [0.1, 0.15) is 10.4 Å². The lowest BCUT2D eigenvalue weighted by Gasteiger charge is -1.99. The van der Waals surface area contributed by atoms with Gasteiger partial charge in [-0.1, -0.05) is 0 Å². The van der Waals surface area contributed by atoms with E-state index in [2.05, 4.69) is 5.32 Å². The average molecular weight is 182 g/mol. The fourth-order valence-electron chi connectivity index (χ4n) is 0.910. The summed E-state index contributed by atoms with van der Waals surface area (Å²) in [6.45, 7) is 0.143. The van der Waals surface area contributed by atoms with Crippen LogP contribution in [0.5, 0.6) is 0 Å². The Hall–Kier alpha value is -1.78. The molecule has 0 aromatic carbocycles. The summed E-state index contributed by atoms with van der Waals surface area (Å²) < 4.78 is 1.52. The van der Waals surface area contributed by atoms with Gasteiger partial charge < -0.3 is 15.0 Å². The Balaban J connectivity index is 2.69. The standard InChI is InChI=1S/C8H10N2O3/c1-9-7(11)5-10-3-2-6(4-10)8(12)13/h2-4H,5H2,1H3,(H,9,11)(H,12,13). The summed E-state index contributed by atoms with van der Waals surface area (Å²) in [5, 5.41) is 11.0. The van der Waals surface area contributed by atoms with Crippen molar-refractivity contribution in [3.63, 3.8) is 0 Å². The maximum atomic E-state index is 10.9. The molecule has 1 aromatic heterocycles. The van der Waals surface area contributed by atoms with Crippen molar-refractivity contribution in [2.45, 2.75) is 6.54 Å². The van der Waals surface area contributed by atoms with Gasteiger partial charge in [-0.05, 0) is 6.07 Å². The topological polar surface area (TPSA) is 71.3 Å². The average Bonchev–Trinajstić information content (AvgIpc) is 2.52. The molecule has 70 valence electrons. The molecule has 5 heteroatoms. The van der Waals surface area contributed by atoms with E-state index in [1.54, 1.807) is 6.20 Å². The summed E-state index contributed by atoms with van der Waals surface area (Å²) in [6, 6.07) is 1.45. The SMILES string of the molecule is CNC(=O)Cn1ccc(C(=O)O)c1. The van der Waals surface area contributed by atoms with Crippen LogP contribution in [0.3, 0.4) is 0 Å². The number of rotatable bonds is 3. The highest BCUT2D eigenvalue weighted by Crippen LogP contribution is 2.00. The number of aromatic nitrogens is 1. The molecular formula is C8H10N2O3. The Kier molecular flexibility index (Phi) is 2.69. The van der Waals surface area contributed by atoms with Crippen molar-refractivity contribution < 1.29 is 14.7 Å². The molecule has 0 unspecified atom stereocenters. The van der Waals surface area contributed by atoms with E-state index < -0.39 is 5.97 Å². The minimum Gasteiger partial charge on any atom is -0.478 e. The summed E-state index contributed by atoms with van der Waals surface area (Å²) in [4.78, 5) is 21.3. The number of hydrogen-bond acceptors (Lipinski definition) is 2. The van der Waals surface area contributed by atoms with E-state index in [-0.39, 0.29) is 18.0 Å². The quantitative estimate of drug-likeness (QED) is 0.687. The maximum absolute atomic E-state index is 10.9. The molecule has 1 amide bonds. The van der Waals surface area contributed by atoms with Gasteiger partial charge >= 0.3 is 5.97 Å². The molecule has 0 saturated carbocycles. The third-order valence-corrected chi connectivity index (χ3v) is 1.60. The molecule has 0 atom stereocenters. The number of carboxylic acids is 1. The third kappa shape index (κ3) is 2.33. The van der Waals surface area contributed by atoms with Gasteiger partial charge in [0.05, 0.1) is 5.56 Å². The highest BCUT2D eigenvalue weighted by atomic mass is 16.4. The van der Waals surface area contributed by atoms with Gasteiger partial charge in [0.1, 0.15) is 6.54 Å². The predicted octanol–water partition coefficient (Wildman–Crippen LogP) is -0.0677. The van der Waals surface area contributed by atoms with E-state index >= 15 is 0 Å². The van der Waals surface area contributed by atoms with E-state index in [9.17, 15) is 9.59 Å². The summed E-state index contributed by atoms with van der Waals surface area (Å²) in [7, 11) is 1.53. The first-order chi connectivity index (χ1) is 6.13. The van der Waals surface area contributed by atoms with Crippen molar-refractivity contribution in [2.75, 3.05) is 7.05 Å². The zero-order valence-electron chi connectivity index (χ0n) is 7.15. The second-order valence-corrected chi connectivity index (χ2v) is 2.55. The fraction of sp³-hybridized carbons (Fsp3) is 0.250. The highest BCUT2D eigenvalue weighted by molar-refractivity contribution is 5.87. The lowest BCUT2D eigenvalue weighted by Crippen LogP contribution is -2.22. The van der Waals surface area contributed by atoms with Crippen LogP contribution in [-0.4, -0.2) is 28.6 Å². The van der Waals surface area contributed by atoms with Gasteiger partial charge in [0.25, 0.3) is 0 Å². The molecule has 0 saturated heterocycles. The zero-order valence-corrected chi connectivity index (χ0v) is 7.15. The van der Waals surface area contributed by atoms with E-state index in [0.29, 0.717) is 0 Å². The largest absolute Gasteiger partial charge is 0.478 e. The lowest BCUT2D eigenvalue weighted by molar-refractivity contribution is -0.121. The van der Waals surface area contributed by atoms with Gasteiger partial charge in [0, 0.05) is 19.4 Å². The van der Waals surface area contributed by atoms with E-state index in [4.69, 9.17) is 5.11 Å². The smallest absolute Gasteiger partial charge is 0.337 e. The van der Waals surface area contributed by atoms with Crippen LogP contribution in [0.25, 0.3) is 0 Å². The molecule has 13 heavy (non-hydrogen) atoms. The Morgan fingerprint density at radius 3 is 2.77 bits per heavy atom. The first-order valence-electron chi connectivity index (χ1n) is 3.73. The molecule has 1 aromatic rings. The van der Waals surface area contributed by atoms with Crippen molar-refractivity contribution in [1.29, 1.82) is 0 Å². The molecule has 5 nitrogen and oxygen atoms in total. The number of carboxylic acid groups (broad SMARTS) is 1. The molecule has 0 aliphatic heterocycles. The van der Waals surface area contributed by atoms with Gasteiger partial charge in [-0.15, -0.1) is 0 Å². The number of carbonyl (C=O) groups is 2. The first kappa shape index (κ1) is 9.31. The monoisotopic (exact) mass is 182 g/mol. The number of aromatic carboxylic acids is 1. The molecule has 1 heterocycles. The molecule has 0 spiro atoms. The van der Waals surface area contributed by atoms with Gasteiger partial charge in [-0.25, -0.2) is 4.79 Å². The molecular weight excluding hydrogens is 172 g/mol. The number of carbonyl (C=O) groups excluding carboxylic acids is 1. The van der Waals surface area contributed by atoms with Crippen molar-refractivity contribution in [3.05, 3.63) is 24.0 Å². The van der Waals surface area contributed by atoms with Crippen LogP contribution < -0.4 is 5.32 Å². The summed E-state index contributed by atoms with van der Waals surface area (Å²) in [5.74, 6) is -1.15. The summed E-state index contributed by atoms with van der Waals surface area (Å²) in [5.41, 5.74) is 0.184. The van der Waals surface area contributed by atoms with Crippen molar-refractivity contribution in [2.24, 2.45) is 0 Å². The number of amides is 1. The van der Waals surface area contributed by atoms with Crippen LogP contribution in [0.15, 0.2) is 18.5 Å². The van der Waals surface area contributed by atoms with E-state index in [0.717, 1.165) is 0 Å². The minimum absolute atomic E-state index is 0.143. The number of likely N-dealkylation sites (N-methyl/N-ethyl adjacent to an activating group) is 1. The van der Waals surface area contributed by atoms with Crippen LogP contribution in [0.2, 0.25) is 0 Å². The van der Waals surface area contributed by atoms with Gasteiger partial charge in [0.15, 0.2) is 0 Å². The van der Waals surface area contributed by atoms with Crippen molar-refractivity contribution >= 4 is 11.9 Å². The summed E-state index contributed by atoms with van der Waals surface area (Å²) in [6.07, 6.45) is 2.97. The van der Waals surface area contributed by atoms with Gasteiger partial charge in [0.2, 0.25) is 5.91 Å². The van der Waals surface area contributed by atoms with E-state index in [1.165, 1.54) is 23.9 Å². The fourth-order valence-corrected chi connectivity index (χ4v) is 0.910. The first-order valence-corrected chi connectivity index (χ1v) is 3.73. The van der Waals surface area contributed by atoms with Crippen LogP contribution >= 0.6 is 0 Å². The Labute approximate surface area is 75.0 Å². The molecule has 0 bridgehead atoms. The Morgan fingerprint density at radius 1 is 1.62 bits per heavy atom. The number of nitrogens with one attached hydrogen (secondary N) is 1. The third-order valence-electron chi connectivity index (χ3n) is 1.60. The molecule has 1 rings (SSSR count). The second kappa shape index (κ2) is 3.75. The maximum Gasteiger partial charge on any atom is 0.337 e. The van der Waals surface area contributed by atoms with E-state index in [1.807, 2.05) is 0 Å². The minimum atomic E-state index is -0.990. The Morgan fingerprint density at radius 2 is 2.31 bits per heavy atom. The van der Waals surface area contributed by atoms with Gasteiger partial charge in [-0.2, -0.15) is 0 Å². The molecule has 0 radical (unpaired) electrons. The molecule has 2 N–H and O–H groups in total. The normalized spacial score (nSPS) is 9.62. The number of hydrogen-bond donors (Lipinski definition) is 2. The zero-order chi connectivity index (χ0) is 9.84. The Bertz CT molecular complexity index is 330. The molecule has 0 aliphatic rings. The molecule has 0 aliphatic carbocycles. The highest BCUT2D eigenvalue weighted by Gasteiger charge is 2.05. The van der Waals surface area contributed by atoms with Crippen molar-refractivity contribution in [1.82, 2.24) is 9.88 Å². The summed E-state index contributed by atoms with van der Waals surface area (Å²) >= 11 is 0. The predicted molar refractivity (Wildman–Crippen MR) is 45.5 cm³/mol. The van der Waals surface area contributed by atoms with Crippen LogP contribution in [-0.2, 0) is 11.3 Å². The molecule has 0 fully saturated rings. The second-order valence-electron chi connectivity index (χ2n) is 2.55. The number of nitrogens with zero attached hydrogens (tertiary/aromatic N) is 1. The van der Waals surface area contributed by atoms with Crippen LogP contribution in [0.4, 0.5) is 0 Å².